The molecule has 4 fully saturated rings. The largest absolute Gasteiger partial charge is 0.390 e. The summed E-state index contributed by atoms with van der Waals surface area (Å²) in [4.78, 5) is 62.1. The smallest absolute Gasteiger partial charge is 0.248 e. The Morgan fingerprint density at radius 2 is 1.73 bits per heavy atom. The third-order valence-electron chi connectivity index (χ3n) is 11.9. The second kappa shape index (κ2) is 15.3. The molecule has 3 saturated carbocycles. The van der Waals surface area contributed by atoms with Crippen LogP contribution >= 0.6 is 0 Å². The lowest BCUT2D eigenvalue weighted by Crippen LogP contribution is -2.59. The van der Waals surface area contributed by atoms with Gasteiger partial charge in [0.1, 0.15) is 18.1 Å². The number of nitrogens with one attached hydrogen (secondary N) is 3. The first kappa shape index (κ1) is 37.9. The number of carbonyl (C=O) groups excluding carboxylic acids is 4. The number of nitrogens with two attached hydrogens (primary N) is 2. The van der Waals surface area contributed by atoms with Gasteiger partial charge in [0.05, 0.1) is 12.4 Å². The molecule has 4 aliphatic rings. The van der Waals surface area contributed by atoms with Crippen LogP contribution in [0.25, 0.3) is 0 Å². The van der Waals surface area contributed by atoms with Crippen molar-refractivity contribution in [3.05, 3.63) is 12.2 Å². The fourth-order valence-corrected chi connectivity index (χ4v) is 8.68. The molecule has 2 unspecified atom stereocenters. The van der Waals surface area contributed by atoms with Crippen molar-refractivity contribution in [3.8, 4) is 0 Å². The molecule has 4 rings (SSSR count). The minimum atomic E-state index is -0.885. The molecule has 48 heavy (non-hydrogen) atoms. The van der Waals surface area contributed by atoms with Crippen molar-refractivity contribution < 1.29 is 19.2 Å². The van der Waals surface area contributed by atoms with Crippen molar-refractivity contribution in [2.24, 2.45) is 44.5 Å². The van der Waals surface area contributed by atoms with E-state index in [2.05, 4.69) is 41.4 Å². The molecule has 1 saturated heterocycles. The Kier molecular flexibility index (Phi) is 12.1. The van der Waals surface area contributed by atoms with Crippen LogP contribution in [0.4, 0.5) is 0 Å². The zero-order valence-electron chi connectivity index (χ0n) is 30.4. The topological polar surface area (TPSA) is 172 Å². The number of amides is 4. The van der Waals surface area contributed by atoms with Gasteiger partial charge in [0.15, 0.2) is 0 Å². The molecule has 270 valence electrons. The molecule has 3 aliphatic carbocycles. The van der Waals surface area contributed by atoms with Gasteiger partial charge < -0.3 is 32.3 Å². The van der Waals surface area contributed by atoms with Crippen molar-refractivity contribution >= 4 is 30.0 Å². The van der Waals surface area contributed by atoms with E-state index in [4.69, 9.17) is 11.5 Å². The molecule has 0 radical (unpaired) electrons. The van der Waals surface area contributed by atoms with E-state index in [1.165, 1.54) is 6.34 Å². The Morgan fingerprint density at radius 1 is 1.06 bits per heavy atom. The van der Waals surface area contributed by atoms with Crippen LogP contribution < -0.4 is 27.4 Å². The predicted octanol–water partition coefficient (Wildman–Crippen LogP) is 3.56. The number of hydrogen-bond donors (Lipinski definition) is 5. The molecule has 11 heteroatoms. The highest BCUT2D eigenvalue weighted by molar-refractivity contribution is 5.97. The van der Waals surface area contributed by atoms with Gasteiger partial charge in [-0.05, 0) is 86.0 Å². The summed E-state index contributed by atoms with van der Waals surface area (Å²) in [5, 5.41) is 9.22. The van der Waals surface area contributed by atoms with Gasteiger partial charge in [-0.2, -0.15) is 0 Å². The van der Waals surface area contributed by atoms with Gasteiger partial charge in [0.2, 0.25) is 23.6 Å². The van der Waals surface area contributed by atoms with E-state index in [1.54, 1.807) is 4.90 Å². The molecule has 0 aromatic heterocycles. The Hall–Kier alpha value is -2.95. The van der Waals surface area contributed by atoms with Crippen LogP contribution in [0.1, 0.15) is 119 Å². The molecule has 1 heterocycles. The second-order valence-corrected chi connectivity index (χ2v) is 16.6. The van der Waals surface area contributed by atoms with Gasteiger partial charge >= 0.3 is 0 Å². The molecule has 7 N–H and O–H groups in total. The highest BCUT2D eigenvalue weighted by atomic mass is 16.2. The minimum Gasteiger partial charge on any atom is -0.390 e. The van der Waals surface area contributed by atoms with Gasteiger partial charge in [-0.25, -0.2) is 0 Å². The van der Waals surface area contributed by atoms with Crippen molar-refractivity contribution in [1.82, 2.24) is 20.9 Å². The Labute approximate surface area is 288 Å². The summed E-state index contributed by atoms with van der Waals surface area (Å²) in [6.45, 7) is 17.3. The molecular weight excluding hydrogens is 606 g/mol. The summed E-state index contributed by atoms with van der Waals surface area (Å²) in [5.74, 6) is -0.722. The van der Waals surface area contributed by atoms with E-state index in [1.807, 2.05) is 27.7 Å². The quantitative estimate of drug-likeness (QED) is 0.101. The zero-order chi connectivity index (χ0) is 35.4. The Morgan fingerprint density at radius 3 is 2.29 bits per heavy atom. The molecule has 0 bridgehead atoms. The van der Waals surface area contributed by atoms with Crippen molar-refractivity contribution in [2.45, 2.75) is 149 Å². The van der Waals surface area contributed by atoms with E-state index < -0.39 is 29.6 Å². The van der Waals surface area contributed by atoms with Crippen molar-refractivity contribution in [3.63, 3.8) is 0 Å². The molecule has 0 aromatic rings. The van der Waals surface area contributed by atoms with Gasteiger partial charge in [-0.3, -0.25) is 24.2 Å². The lowest BCUT2D eigenvalue weighted by Gasteiger charge is -2.37. The monoisotopic (exact) mass is 669 g/mol. The van der Waals surface area contributed by atoms with E-state index in [9.17, 15) is 19.2 Å². The van der Waals surface area contributed by atoms with E-state index in [0.717, 1.165) is 64.2 Å². The maximum Gasteiger partial charge on any atom is 0.248 e. The van der Waals surface area contributed by atoms with Crippen LogP contribution in [0.3, 0.4) is 0 Å². The van der Waals surface area contributed by atoms with E-state index in [0.29, 0.717) is 37.4 Å². The normalized spacial score (nSPS) is 27.4. The van der Waals surface area contributed by atoms with Crippen LogP contribution in [0.2, 0.25) is 0 Å². The molecule has 4 amide bonds. The SMILES string of the molecule is C=C(C(=O)NC1CC1)[C@H](CCC)NC(=O)[C@@H]1C[C@]2(CN1C(=O)[C@@H](NC(=O)C(N=CN)C1CCCCC1)C(C)(C)C)C(CCCN)C2(C)C. The summed E-state index contributed by atoms with van der Waals surface area (Å²) >= 11 is 0. The fraction of sp³-hybridized carbons (Fsp3) is 0.811. The summed E-state index contributed by atoms with van der Waals surface area (Å²) in [6, 6.07) is -2.67. The molecule has 6 atom stereocenters. The third-order valence-corrected chi connectivity index (χ3v) is 11.9. The predicted molar refractivity (Wildman–Crippen MR) is 190 cm³/mol. The van der Waals surface area contributed by atoms with Crippen molar-refractivity contribution in [1.29, 1.82) is 0 Å². The maximum absolute atomic E-state index is 14.8. The fourth-order valence-electron chi connectivity index (χ4n) is 8.68. The standard InChI is InChI=1S/C37H63N7O4/c1-8-13-26(23(2)31(45)41-25-17-18-25)42-32(46)27-20-37(28(16-12-19-38)36(37,6)7)21-44(27)34(48)30(35(3,4)5)43-33(47)29(40-22-39)24-14-10-9-11-15-24/h22,24-30H,2,8-21,38H2,1,3-7H3,(H2,39,40)(H,41,45)(H,42,46)(H,43,47)/t26-,27-,28?,29?,30+,37-/m0/s1. The highest BCUT2D eigenvalue weighted by Crippen LogP contribution is 2.75. The molecule has 1 spiro atoms. The summed E-state index contributed by atoms with van der Waals surface area (Å²) < 4.78 is 0. The average Bonchev–Trinajstić information content (AvgIpc) is 3.87. The number of nitrogens with zero attached hydrogens (tertiary/aromatic N) is 2. The van der Waals surface area contributed by atoms with Crippen LogP contribution in [-0.4, -0.2) is 78.2 Å². The number of rotatable bonds is 15. The number of likely N-dealkylation sites (tertiary alicyclic amines) is 1. The van der Waals surface area contributed by atoms with Gasteiger partial charge in [0.25, 0.3) is 0 Å². The Balaban J connectivity index is 1.62. The Bertz CT molecular complexity index is 1230. The molecule has 11 nitrogen and oxygen atoms in total. The lowest BCUT2D eigenvalue weighted by atomic mass is 9.82. The summed E-state index contributed by atoms with van der Waals surface area (Å²) in [5.41, 5.74) is 11.0. The van der Waals surface area contributed by atoms with Crippen LogP contribution in [0.15, 0.2) is 17.1 Å². The zero-order valence-corrected chi connectivity index (χ0v) is 30.4. The first-order chi connectivity index (χ1) is 22.6. The van der Waals surface area contributed by atoms with Crippen molar-refractivity contribution in [2.75, 3.05) is 13.1 Å². The molecule has 0 aromatic carbocycles. The third kappa shape index (κ3) is 8.08. The number of hydrogen-bond acceptors (Lipinski definition) is 6. The highest BCUT2D eigenvalue weighted by Gasteiger charge is 2.74. The maximum atomic E-state index is 14.8. The van der Waals surface area contributed by atoms with Gasteiger partial charge in [0, 0.05) is 18.2 Å². The molecule has 1 aliphatic heterocycles. The van der Waals surface area contributed by atoms with Crippen LogP contribution in [-0.2, 0) is 19.2 Å². The summed E-state index contributed by atoms with van der Waals surface area (Å²) in [7, 11) is 0. The van der Waals surface area contributed by atoms with Gasteiger partial charge in [-0.15, -0.1) is 0 Å². The minimum absolute atomic E-state index is 0.0686. The molecular formula is C37H63N7O4. The van der Waals surface area contributed by atoms with Gasteiger partial charge in [-0.1, -0.05) is 73.8 Å². The number of aliphatic imine (C=N–C) groups is 1. The summed E-state index contributed by atoms with van der Waals surface area (Å²) in [6.07, 6.45) is 11.7. The first-order valence-corrected chi connectivity index (χ1v) is 18.5. The van der Waals surface area contributed by atoms with Crippen LogP contribution in [0.5, 0.6) is 0 Å². The number of carbonyl (C=O) groups is 4. The lowest BCUT2D eigenvalue weighted by molar-refractivity contribution is -0.144. The van der Waals surface area contributed by atoms with E-state index in [-0.39, 0.29) is 46.4 Å². The second-order valence-electron chi connectivity index (χ2n) is 16.6. The van der Waals surface area contributed by atoms with Crippen LogP contribution in [0, 0.1) is 28.1 Å². The van der Waals surface area contributed by atoms with E-state index >= 15 is 0 Å². The average molecular weight is 670 g/mol. The first-order valence-electron chi connectivity index (χ1n) is 18.5.